The van der Waals surface area contributed by atoms with Gasteiger partial charge in [0, 0.05) is 67.4 Å². The summed E-state index contributed by atoms with van der Waals surface area (Å²) < 4.78 is 0. The fourth-order valence-corrected chi connectivity index (χ4v) is 15.7. The smallest absolute Gasteiger partial charge is 0.327 e. The molecule has 90 heavy (non-hydrogen) atoms. The standard InChI is InChI=1S/C56H79N15O15S4/c1-3-11-33-53(82)69-17-8-14-41(69)52(81)68-40(56(85)86)28-90-89-26-38-50(79)65-36(24-72)47(76)64-35(21-31-23-58-29-59-31)54(83)71-19-10-16-43(71)55(84)70-18-9-15-42(70)51(80)67-39(27-88-87-25-37(48(77)66-38)60-44(73)22-57)49(78)63-34(20-30-12-6-5-7-13-30)46(75)61-32(4-2)45(74)62-33/h5-7,12-13,23,29,32-43,72H,3-4,8-11,14-22,24-28,57H2,1-2H3,(H,58,59)(H,60,73)(H,61,75)(H,62,74)(H,63,78)(H,64,76)(H,65,79)(H,66,77)(H,67,80)(H,68,81)(H,85,86)/t32-,33-,34-,35-,36-,37-,38-,39-,40-,41-,42-,43-/m0/s1. The van der Waals surface area contributed by atoms with Gasteiger partial charge in [0.2, 0.25) is 70.9 Å². The Balaban J connectivity index is 1.30. The van der Waals surface area contributed by atoms with E-state index in [-0.39, 0.29) is 87.6 Å². The Hall–Kier alpha value is -7.14. The molecule has 1 aromatic carbocycles. The van der Waals surface area contributed by atoms with Crippen molar-refractivity contribution in [3.8, 4) is 0 Å². The molecule has 0 unspecified atom stereocenters. The lowest BCUT2D eigenvalue weighted by molar-refractivity contribution is -0.148. The number of rotatable bonds is 11. The van der Waals surface area contributed by atoms with Crippen LogP contribution in [0.15, 0.2) is 42.9 Å². The van der Waals surface area contributed by atoms with Gasteiger partial charge >= 0.3 is 5.97 Å². The Morgan fingerprint density at radius 1 is 0.578 bits per heavy atom. The number of amides is 12. The molecule has 2 bridgehead atoms. The van der Waals surface area contributed by atoms with Crippen LogP contribution in [0.5, 0.6) is 0 Å². The minimum absolute atomic E-state index is 0.0132. The zero-order valence-electron chi connectivity index (χ0n) is 49.8. The number of nitrogens with one attached hydrogen (secondary N) is 10. The lowest BCUT2D eigenvalue weighted by Gasteiger charge is -2.33. The van der Waals surface area contributed by atoms with Gasteiger partial charge in [0.1, 0.15) is 72.5 Å². The molecule has 0 spiro atoms. The van der Waals surface area contributed by atoms with E-state index in [0.29, 0.717) is 36.9 Å². The first-order valence-electron chi connectivity index (χ1n) is 29.9. The quantitative estimate of drug-likeness (QED) is 0.0974. The highest BCUT2D eigenvalue weighted by atomic mass is 33.1. The molecule has 0 saturated carbocycles. The van der Waals surface area contributed by atoms with Crippen LogP contribution in [-0.4, -0.2) is 240 Å². The van der Waals surface area contributed by atoms with Crippen LogP contribution in [0.2, 0.25) is 0 Å². The number of aliphatic carboxylic acids is 1. The third kappa shape index (κ3) is 19.0. The average molecular weight is 1330 g/mol. The summed E-state index contributed by atoms with van der Waals surface area (Å²) in [7, 11) is 3.67. The third-order valence-electron chi connectivity index (χ3n) is 15.9. The molecule has 2 aromatic rings. The molecule has 5 fully saturated rings. The summed E-state index contributed by atoms with van der Waals surface area (Å²) in [6.45, 7) is 2.04. The Morgan fingerprint density at radius 2 is 1.09 bits per heavy atom. The second kappa shape index (κ2) is 34.3. The van der Waals surface area contributed by atoms with E-state index >= 15 is 0 Å². The normalized spacial score (nSPS) is 29.0. The van der Waals surface area contributed by atoms with E-state index in [1.54, 1.807) is 44.2 Å². The Labute approximate surface area is 535 Å². The van der Waals surface area contributed by atoms with Crippen LogP contribution in [-0.2, 0) is 75.2 Å². The van der Waals surface area contributed by atoms with Crippen LogP contribution in [0, 0.1) is 0 Å². The van der Waals surface area contributed by atoms with Gasteiger partial charge in [0.05, 0.1) is 19.5 Å². The monoisotopic (exact) mass is 1330 g/mol. The number of aliphatic hydroxyl groups is 1. The molecule has 0 radical (unpaired) electrons. The highest BCUT2D eigenvalue weighted by Gasteiger charge is 2.46. The Kier molecular flexibility index (Phi) is 26.8. The molecular weight excluding hydrogens is 1250 g/mol. The minimum atomic E-state index is -1.78. The predicted octanol–water partition coefficient (Wildman–Crippen LogP) is -3.43. The van der Waals surface area contributed by atoms with Crippen molar-refractivity contribution in [1.29, 1.82) is 0 Å². The van der Waals surface area contributed by atoms with Crippen LogP contribution in [0.3, 0.4) is 0 Å². The Bertz CT molecular complexity index is 2920. The van der Waals surface area contributed by atoms with E-state index in [1.807, 2.05) is 0 Å². The van der Waals surface area contributed by atoms with Gasteiger partial charge < -0.3 is 83.5 Å². The van der Waals surface area contributed by atoms with Crippen molar-refractivity contribution in [3.05, 3.63) is 54.1 Å². The molecule has 14 N–H and O–H groups in total. The third-order valence-corrected chi connectivity index (χ3v) is 20.7. The second-order valence-corrected chi connectivity index (χ2v) is 27.3. The number of H-pyrrole nitrogens is 1. The number of carbonyl (C=O) groups is 13. The number of aliphatic hydroxyl groups excluding tert-OH is 1. The topological polar surface area (TPSA) is 435 Å². The number of carboxylic acid groups (broad SMARTS) is 1. The molecule has 492 valence electrons. The summed E-state index contributed by atoms with van der Waals surface area (Å²) in [6, 6.07) is -8.06. The molecule has 12 atom stereocenters. The number of benzene rings is 1. The van der Waals surface area contributed by atoms with Crippen molar-refractivity contribution < 1.29 is 72.5 Å². The summed E-state index contributed by atoms with van der Waals surface area (Å²) >= 11 is 0. The van der Waals surface area contributed by atoms with Gasteiger partial charge in [-0.15, -0.1) is 0 Å². The lowest BCUT2D eigenvalue weighted by atomic mass is 10.0. The maximum absolute atomic E-state index is 14.9. The second-order valence-electron chi connectivity index (χ2n) is 22.2. The van der Waals surface area contributed by atoms with Crippen LogP contribution < -0.4 is 53.6 Å². The summed E-state index contributed by atoms with van der Waals surface area (Å²) in [4.78, 5) is 196. The number of hydrogen-bond donors (Lipinski definition) is 13. The molecule has 7 rings (SSSR count). The lowest BCUT2D eigenvalue weighted by Crippen LogP contribution is -2.61. The van der Waals surface area contributed by atoms with Crippen LogP contribution >= 0.6 is 43.2 Å². The van der Waals surface area contributed by atoms with E-state index in [2.05, 4.69) is 57.8 Å². The first-order valence-corrected chi connectivity index (χ1v) is 34.9. The molecule has 34 heteroatoms. The summed E-state index contributed by atoms with van der Waals surface area (Å²) in [5.41, 5.74) is 6.64. The zero-order chi connectivity index (χ0) is 65.0. The highest BCUT2D eigenvalue weighted by Crippen LogP contribution is 2.29. The minimum Gasteiger partial charge on any atom is -0.480 e. The number of nitrogens with two attached hydrogens (primary N) is 1. The maximum atomic E-state index is 14.9. The van der Waals surface area contributed by atoms with Gasteiger partial charge in [-0.3, -0.25) is 57.5 Å². The predicted molar refractivity (Wildman–Crippen MR) is 333 cm³/mol. The number of hydrogen-bond acceptors (Lipinski definition) is 20. The number of nitrogens with zero attached hydrogens (tertiary/aromatic N) is 4. The molecule has 6 heterocycles. The molecule has 5 saturated heterocycles. The number of aromatic nitrogens is 2. The highest BCUT2D eigenvalue weighted by molar-refractivity contribution is 8.77. The van der Waals surface area contributed by atoms with Crippen molar-refractivity contribution in [2.24, 2.45) is 5.73 Å². The van der Waals surface area contributed by atoms with Crippen molar-refractivity contribution >= 4 is 120 Å². The molecule has 5 aliphatic heterocycles. The number of carboxylic acids is 1. The molecule has 0 aliphatic carbocycles. The van der Waals surface area contributed by atoms with E-state index in [0.717, 1.165) is 43.2 Å². The summed E-state index contributed by atoms with van der Waals surface area (Å²) in [5.74, 6) is -12.5. The fraction of sp³-hybridized carbons (Fsp3) is 0.607. The van der Waals surface area contributed by atoms with Gasteiger partial charge in [-0.05, 0) is 56.9 Å². The maximum Gasteiger partial charge on any atom is 0.327 e. The van der Waals surface area contributed by atoms with E-state index in [4.69, 9.17) is 5.73 Å². The molecule has 1 aromatic heterocycles. The van der Waals surface area contributed by atoms with Gasteiger partial charge in [0.25, 0.3) is 0 Å². The van der Waals surface area contributed by atoms with Crippen molar-refractivity contribution in [3.63, 3.8) is 0 Å². The molecule has 30 nitrogen and oxygen atoms in total. The average Bonchev–Trinajstić information content (AvgIpc) is 2.07. The number of aromatic amines is 1. The van der Waals surface area contributed by atoms with Crippen molar-refractivity contribution in [1.82, 2.24) is 72.5 Å². The van der Waals surface area contributed by atoms with Crippen LogP contribution in [0.25, 0.3) is 0 Å². The van der Waals surface area contributed by atoms with E-state index in [9.17, 15) is 72.5 Å². The molecular formula is C56H79N15O15S4. The molecule has 5 aliphatic rings. The first kappa shape index (κ1) is 70.3. The van der Waals surface area contributed by atoms with Crippen LogP contribution in [0.4, 0.5) is 0 Å². The van der Waals surface area contributed by atoms with Gasteiger partial charge in [-0.25, -0.2) is 9.78 Å². The van der Waals surface area contributed by atoms with Gasteiger partial charge in [-0.2, -0.15) is 0 Å². The van der Waals surface area contributed by atoms with Gasteiger partial charge in [0.15, 0.2) is 0 Å². The summed E-state index contributed by atoms with van der Waals surface area (Å²) in [5, 5.41) is 44.7. The number of fused-ring (bicyclic) bond motifs is 11. The largest absolute Gasteiger partial charge is 0.480 e. The molecule has 12 amide bonds. The summed E-state index contributed by atoms with van der Waals surface area (Å²) in [6.07, 6.45) is 4.51. The number of imidazole rings is 1. The van der Waals surface area contributed by atoms with E-state index in [1.165, 1.54) is 27.2 Å². The Morgan fingerprint density at radius 3 is 1.68 bits per heavy atom. The zero-order valence-corrected chi connectivity index (χ0v) is 53.1. The van der Waals surface area contributed by atoms with Crippen molar-refractivity contribution in [2.45, 2.75) is 157 Å². The van der Waals surface area contributed by atoms with Gasteiger partial charge in [-0.1, -0.05) is 93.8 Å². The van der Waals surface area contributed by atoms with Crippen molar-refractivity contribution in [2.75, 3.05) is 55.8 Å². The van der Waals surface area contributed by atoms with E-state index < -0.39 is 163 Å². The number of carbonyl (C=O) groups excluding carboxylic acids is 12. The first-order chi connectivity index (χ1) is 43.2. The van der Waals surface area contributed by atoms with Crippen LogP contribution in [0.1, 0.15) is 82.9 Å². The SMILES string of the molecule is CCC[C@@H]1NC(=O)[C@H](CC)NC(=O)[C@H](Cc2ccccc2)NC(=O)[C@@H]2CSSC[C@H](NC(=O)CN)C(=O)N[C@@H](CSSC[C@@H](C(=O)O)NC(=O)[C@@H]3CCCN3C1=O)C(=O)N[C@@H](CO)C(=O)N[C@@H](Cc1cnc[nH]1)C(=O)N1CCC[C@H]1C(=O)N1CCC[C@H]1C(=O)N2. The fourth-order valence-electron chi connectivity index (χ4n) is 11.1.